The minimum Gasteiger partial charge on any atom is -0.492 e. The second kappa shape index (κ2) is 11.4. The summed E-state index contributed by atoms with van der Waals surface area (Å²) < 4.78 is 27.8. The van der Waals surface area contributed by atoms with Gasteiger partial charge in [-0.2, -0.15) is 5.10 Å². The van der Waals surface area contributed by atoms with Crippen LogP contribution in [0.1, 0.15) is 32.7 Å². The molecule has 0 saturated heterocycles. The first-order valence-corrected chi connectivity index (χ1v) is 11.2. The Balaban J connectivity index is 1.44. The van der Waals surface area contributed by atoms with Crippen LogP contribution >= 0.6 is 0 Å². The highest BCUT2D eigenvalue weighted by Crippen LogP contribution is 2.18. The molecule has 4 rings (SSSR count). The van der Waals surface area contributed by atoms with Gasteiger partial charge in [0.2, 0.25) is 0 Å². The molecular formula is C26H26FN5O4. The van der Waals surface area contributed by atoms with Crippen LogP contribution in [-0.4, -0.2) is 39.5 Å². The van der Waals surface area contributed by atoms with Gasteiger partial charge in [-0.25, -0.2) is 4.39 Å². The van der Waals surface area contributed by atoms with Crippen molar-refractivity contribution in [3.05, 3.63) is 111 Å². The van der Waals surface area contributed by atoms with Gasteiger partial charge in [0.15, 0.2) is 11.6 Å². The number of aromatic nitrogens is 4. The fourth-order valence-corrected chi connectivity index (χ4v) is 3.70. The molecule has 0 aliphatic rings. The average Bonchev–Trinajstić information content (AvgIpc) is 3.28. The molecule has 0 atom stereocenters. The average molecular weight is 492 g/mol. The highest BCUT2D eigenvalue weighted by atomic mass is 19.1. The zero-order valence-corrected chi connectivity index (χ0v) is 20.0. The number of nitrogens with one attached hydrogen (secondary N) is 1. The number of ether oxygens (including phenoxy) is 2. The lowest BCUT2D eigenvalue weighted by Gasteiger charge is -2.08. The van der Waals surface area contributed by atoms with Gasteiger partial charge in [-0.05, 0) is 17.2 Å². The molecule has 0 radical (unpaired) electrons. The molecule has 0 aliphatic heterocycles. The Labute approximate surface area is 207 Å². The summed E-state index contributed by atoms with van der Waals surface area (Å²) in [4.78, 5) is 28.7. The summed E-state index contributed by atoms with van der Waals surface area (Å²) in [5, 5.41) is 7.20. The Kier molecular flexibility index (Phi) is 7.86. The van der Waals surface area contributed by atoms with Crippen LogP contribution in [0.25, 0.3) is 0 Å². The van der Waals surface area contributed by atoms with E-state index in [1.54, 1.807) is 27.7 Å². The van der Waals surface area contributed by atoms with Crippen molar-refractivity contribution in [1.29, 1.82) is 0 Å². The molecule has 0 unspecified atom stereocenters. The molecule has 10 heteroatoms. The van der Waals surface area contributed by atoms with Gasteiger partial charge in [0, 0.05) is 43.9 Å². The van der Waals surface area contributed by atoms with E-state index in [2.05, 4.69) is 15.4 Å². The van der Waals surface area contributed by atoms with Gasteiger partial charge in [-0.15, -0.1) is 0 Å². The maximum absolute atomic E-state index is 14.4. The summed E-state index contributed by atoms with van der Waals surface area (Å²) in [5.41, 5.74) is 2.93. The van der Waals surface area contributed by atoms with Crippen molar-refractivity contribution in [2.45, 2.75) is 26.2 Å². The molecule has 36 heavy (non-hydrogen) atoms. The number of carbonyl (C=O) groups excluding carboxylic acids is 1. The van der Waals surface area contributed by atoms with Crippen LogP contribution in [0.3, 0.4) is 0 Å². The number of pyridine rings is 2. The van der Waals surface area contributed by atoms with Crippen molar-refractivity contribution in [1.82, 2.24) is 24.6 Å². The molecule has 0 aliphatic carbocycles. The normalized spacial score (nSPS) is 10.9. The molecule has 1 amide bonds. The van der Waals surface area contributed by atoms with Crippen LogP contribution in [0.15, 0.2) is 72.0 Å². The summed E-state index contributed by atoms with van der Waals surface area (Å²) >= 11 is 0. The Morgan fingerprint density at radius 3 is 2.50 bits per heavy atom. The first kappa shape index (κ1) is 24.8. The van der Waals surface area contributed by atoms with E-state index in [1.807, 2.05) is 30.3 Å². The number of amides is 1. The number of halogens is 1. The van der Waals surface area contributed by atoms with E-state index in [0.717, 1.165) is 11.1 Å². The molecule has 0 spiro atoms. The standard InChI is InChI=1S/C26H26FN5O4/c1-35-17-22-21(26(34)29-12-20-11-28-13-23(36-2)25(20)27)16-32(30-22)15-19-8-6-18(7-9-19)14-31-10-4-3-5-24(31)33/h3-11,13,16H,12,14-15,17H2,1-2H3,(H,29,34). The van der Waals surface area contributed by atoms with Gasteiger partial charge in [0.25, 0.3) is 11.5 Å². The smallest absolute Gasteiger partial charge is 0.255 e. The second-order valence-electron chi connectivity index (χ2n) is 8.10. The van der Waals surface area contributed by atoms with Gasteiger partial charge >= 0.3 is 0 Å². The van der Waals surface area contributed by atoms with Crippen molar-refractivity contribution in [2.24, 2.45) is 0 Å². The van der Waals surface area contributed by atoms with Crippen LogP contribution in [0, 0.1) is 5.82 Å². The minimum absolute atomic E-state index is 0.0106. The van der Waals surface area contributed by atoms with Crippen LogP contribution < -0.4 is 15.6 Å². The molecule has 0 saturated carbocycles. The third kappa shape index (κ3) is 5.84. The first-order valence-electron chi connectivity index (χ1n) is 11.2. The molecule has 3 aromatic heterocycles. The summed E-state index contributed by atoms with van der Waals surface area (Å²) in [6, 6.07) is 12.9. The second-order valence-corrected chi connectivity index (χ2v) is 8.10. The SMILES string of the molecule is COCc1nn(Cc2ccc(Cn3ccccc3=O)cc2)cc1C(=O)NCc1cncc(OC)c1F. The van der Waals surface area contributed by atoms with Gasteiger partial charge < -0.3 is 19.4 Å². The van der Waals surface area contributed by atoms with Gasteiger partial charge in [0.1, 0.15) is 5.69 Å². The molecule has 1 N–H and O–H groups in total. The maximum atomic E-state index is 14.4. The van der Waals surface area contributed by atoms with E-state index in [-0.39, 0.29) is 30.0 Å². The Morgan fingerprint density at radius 2 is 1.81 bits per heavy atom. The number of benzene rings is 1. The quantitative estimate of drug-likeness (QED) is 0.366. The Hall–Kier alpha value is -4.31. The number of hydrogen-bond acceptors (Lipinski definition) is 6. The van der Waals surface area contributed by atoms with Crippen LogP contribution in [0.5, 0.6) is 5.75 Å². The zero-order valence-electron chi connectivity index (χ0n) is 20.0. The Morgan fingerprint density at radius 1 is 1.06 bits per heavy atom. The lowest BCUT2D eigenvalue weighted by atomic mass is 10.1. The number of methoxy groups -OCH3 is 2. The van der Waals surface area contributed by atoms with E-state index in [9.17, 15) is 14.0 Å². The number of rotatable bonds is 10. The van der Waals surface area contributed by atoms with Crippen LogP contribution in [0.2, 0.25) is 0 Å². The van der Waals surface area contributed by atoms with Crippen LogP contribution in [0.4, 0.5) is 4.39 Å². The highest BCUT2D eigenvalue weighted by Gasteiger charge is 2.18. The van der Waals surface area contributed by atoms with Crippen molar-refractivity contribution in [2.75, 3.05) is 14.2 Å². The van der Waals surface area contributed by atoms with Gasteiger partial charge in [0.05, 0.1) is 38.6 Å². The van der Waals surface area contributed by atoms with E-state index in [1.165, 1.54) is 32.7 Å². The number of hydrogen-bond donors (Lipinski definition) is 1. The van der Waals surface area contributed by atoms with Gasteiger partial charge in [-0.1, -0.05) is 30.3 Å². The van der Waals surface area contributed by atoms with E-state index in [0.29, 0.717) is 24.3 Å². The van der Waals surface area contributed by atoms with Crippen LogP contribution in [-0.2, 0) is 31.0 Å². The summed E-state index contributed by atoms with van der Waals surface area (Å²) in [7, 11) is 2.88. The molecule has 186 valence electrons. The summed E-state index contributed by atoms with van der Waals surface area (Å²) in [6.45, 7) is 1.01. The first-order chi connectivity index (χ1) is 17.5. The monoisotopic (exact) mass is 491 g/mol. The van der Waals surface area contributed by atoms with Crippen molar-refractivity contribution in [3.63, 3.8) is 0 Å². The molecule has 9 nitrogen and oxygen atoms in total. The topological polar surface area (TPSA) is 100 Å². The number of carbonyl (C=O) groups is 1. The highest BCUT2D eigenvalue weighted by molar-refractivity contribution is 5.95. The van der Waals surface area contributed by atoms with E-state index in [4.69, 9.17) is 9.47 Å². The Bertz CT molecular complexity index is 1400. The molecule has 0 fully saturated rings. The molecule has 3 heterocycles. The minimum atomic E-state index is -0.568. The van der Waals surface area contributed by atoms with Gasteiger partial charge in [-0.3, -0.25) is 19.3 Å². The summed E-state index contributed by atoms with van der Waals surface area (Å²) in [6.07, 6.45) is 6.01. The third-order valence-corrected chi connectivity index (χ3v) is 5.56. The molecular weight excluding hydrogens is 465 g/mol. The van der Waals surface area contributed by atoms with E-state index < -0.39 is 11.7 Å². The lowest BCUT2D eigenvalue weighted by molar-refractivity contribution is 0.0945. The largest absolute Gasteiger partial charge is 0.492 e. The number of nitrogens with zero attached hydrogens (tertiary/aromatic N) is 4. The molecule has 4 aromatic rings. The fraction of sp³-hybridized carbons (Fsp3) is 0.231. The van der Waals surface area contributed by atoms with Crippen molar-refractivity contribution in [3.8, 4) is 5.75 Å². The summed E-state index contributed by atoms with van der Waals surface area (Å²) in [5.74, 6) is -0.961. The third-order valence-electron chi connectivity index (χ3n) is 5.56. The maximum Gasteiger partial charge on any atom is 0.255 e. The predicted molar refractivity (Wildman–Crippen MR) is 130 cm³/mol. The van der Waals surface area contributed by atoms with Crippen molar-refractivity contribution >= 4 is 5.91 Å². The molecule has 0 bridgehead atoms. The lowest BCUT2D eigenvalue weighted by Crippen LogP contribution is -2.24. The zero-order chi connectivity index (χ0) is 25.5. The molecule has 1 aromatic carbocycles. The fourth-order valence-electron chi connectivity index (χ4n) is 3.70. The predicted octanol–water partition coefficient (Wildman–Crippen LogP) is 2.76. The van der Waals surface area contributed by atoms with Crippen molar-refractivity contribution < 1.29 is 18.7 Å². The van der Waals surface area contributed by atoms with E-state index >= 15 is 0 Å².